The molecule has 3 nitrogen and oxygen atoms in total. The molecule has 0 fully saturated rings. The van der Waals surface area contributed by atoms with Gasteiger partial charge in [-0.3, -0.25) is 0 Å². The molecule has 0 N–H and O–H groups in total. The van der Waals surface area contributed by atoms with Crippen LogP contribution in [0.1, 0.15) is 0 Å². The van der Waals surface area contributed by atoms with Gasteiger partial charge in [0.25, 0.3) is 0 Å². The van der Waals surface area contributed by atoms with Gasteiger partial charge in [0, 0.05) is 64.5 Å². The minimum absolute atomic E-state index is 1.10. The smallest absolute Gasteiger partial charge is 0.0562 e. The molecule has 0 aliphatic carbocycles. The first-order valence-electron chi connectivity index (χ1n) is 21.2. The Morgan fingerprint density at radius 2 is 0.871 bits per heavy atom. The van der Waals surface area contributed by atoms with E-state index in [-0.39, 0.29) is 0 Å². The molecule has 10 aromatic carbocycles. The van der Waals surface area contributed by atoms with Gasteiger partial charge in [0.2, 0.25) is 0 Å². The third kappa shape index (κ3) is 5.30. The van der Waals surface area contributed by atoms with Crippen molar-refractivity contribution in [3.8, 4) is 22.5 Å². The number of rotatable bonds is 6. The maximum absolute atomic E-state index is 2.45. The fourth-order valence-corrected chi connectivity index (χ4v) is 11.0. The molecule has 0 radical (unpaired) electrons. The first-order valence-corrected chi connectivity index (χ1v) is 22.0. The van der Waals surface area contributed by atoms with Crippen LogP contribution in [-0.4, -0.2) is 9.13 Å². The van der Waals surface area contributed by atoms with Crippen LogP contribution < -0.4 is 4.90 Å². The summed E-state index contributed by atoms with van der Waals surface area (Å²) in [6, 6.07) is 82.2. The molecule has 0 bridgehead atoms. The molecule has 0 aliphatic rings. The van der Waals surface area contributed by atoms with Crippen LogP contribution in [0.2, 0.25) is 0 Å². The molecule has 3 aromatic heterocycles. The topological polar surface area (TPSA) is 13.1 Å². The van der Waals surface area contributed by atoms with E-state index in [1.54, 1.807) is 0 Å². The summed E-state index contributed by atoms with van der Waals surface area (Å²) >= 11 is 1.86. The first-order chi connectivity index (χ1) is 30.8. The maximum atomic E-state index is 2.45. The van der Waals surface area contributed by atoms with E-state index in [1.807, 2.05) is 11.3 Å². The van der Waals surface area contributed by atoms with Crippen LogP contribution in [0.25, 0.3) is 97.1 Å². The van der Waals surface area contributed by atoms with Crippen molar-refractivity contribution < 1.29 is 0 Å². The molecular weight excluding hydrogens is 771 g/mol. The zero-order chi connectivity index (χ0) is 40.7. The summed E-state index contributed by atoms with van der Waals surface area (Å²) in [6.45, 7) is 0. The Hall–Kier alpha value is -7.92. The van der Waals surface area contributed by atoms with E-state index in [9.17, 15) is 0 Å². The molecule has 4 heteroatoms. The number of para-hydroxylation sites is 3. The van der Waals surface area contributed by atoms with Gasteiger partial charge in [-0.05, 0) is 113 Å². The second kappa shape index (κ2) is 13.8. The van der Waals surface area contributed by atoms with Crippen molar-refractivity contribution in [1.29, 1.82) is 0 Å². The van der Waals surface area contributed by atoms with Crippen LogP contribution in [0.3, 0.4) is 0 Å². The van der Waals surface area contributed by atoms with Crippen molar-refractivity contribution >= 4 is 103 Å². The Bertz CT molecular complexity index is 3850. The van der Waals surface area contributed by atoms with E-state index in [1.165, 1.54) is 85.7 Å². The van der Waals surface area contributed by atoms with Crippen molar-refractivity contribution in [3.63, 3.8) is 0 Å². The van der Waals surface area contributed by atoms with E-state index in [4.69, 9.17) is 0 Å². The van der Waals surface area contributed by atoms with Crippen molar-refractivity contribution in [1.82, 2.24) is 9.13 Å². The van der Waals surface area contributed by atoms with Crippen molar-refractivity contribution in [3.05, 3.63) is 224 Å². The fourth-order valence-electron chi connectivity index (χ4n) is 9.95. The summed E-state index contributed by atoms with van der Waals surface area (Å²) in [6.07, 6.45) is 0. The van der Waals surface area contributed by atoms with E-state index in [0.717, 1.165) is 28.4 Å². The Labute approximate surface area is 362 Å². The lowest BCUT2D eigenvalue weighted by Gasteiger charge is -2.27. The van der Waals surface area contributed by atoms with Gasteiger partial charge < -0.3 is 14.0 Å². The van der Waals surface area contributed by atoms with Gasteiger partial charge in [0.15, 0.2) is 0 Å². The minimum Gasteiger partial charge on any atom is -0.310 e. The molecule has 0 atom stereocenters. The molecule has 3 heterocycles. The lowest BCUT2D eigenvalue weighted by atomic mass is 10.0. The summed E-state index contributed by atoms with van der Waals surface area (Å²) in [5, 5.41) is 10.1. The molecule has 0 unspecified atom stereocenters. The van der Waals surface area contributed by atoms with E-state index in [2.05, 4.69) is 238 Å². The molecule has 0 spiro atoms. The van der Waals surface area contributed by atoms with Crippen LogP contribution in [0.15, 0.2) is 224 Å². The van der Waals surface area contributed by atoms with Gasteiger partial charge >= 0.3 is 0 Å². The minimum atomic E-state index is 1.10. The Kier molecular flexibility index (Phi) is 7.78. The SMILES string of the molecule is c1ccc(-n2c3ccccc3c3c(N(c4ccc(-c5ccc(-n6c7ccccc7c7c8ccccc8ccc76)cc5)cc4)c4ccc5sc6ccccc6c5c4)cccc32)cc1. The Balaban J connectivity index is 0.953. The summed E-state index contributed by atoms with van der Waals surface area (Å²) in [5.41, 5.74) is 12.8. The van der Waals surface area contributed by atoms with Crippen LogP contribution in [0, 0.1) is 0 Å². The van der Waals surface area contributed by atoms with Gasteiger partial charge in [-0.2, -0.15) is 0 Å². The first kappa shape index (κ1) is 34.9. The van der Waals surface area contributed by atoms with Crippen LogP contribution >= 0.6 is 11.3 Å². The lowest BCUT2D eigenvalue weighted by molar-refractivity contribution is 1.18. The molecule has 62 heavy (non-hydrogen) atoms. The Morgan fingerprint density at radius 3 is 1.63 bits per heavy atom. The van der Waals surface area contributed by atoms with Crippen LogP contribution in [-0.2, 0) is 0 Å². The largest absolute Gasteiger partial charge is 0.310 e. The number of nitrogens with zero attached hydrogens (tertiary/aromatic N) is 3. The lowest BCUT2D eigenvalue weighted by Crippen LogP contribution is -2.10. The molecule has 0 saturated carbocycles. The monoisotopic (exact) mass is 807 g/mol. The highest BCUT2D eigenvalue weighted by molar-refractivity contribution is 7.25. The summed E-state index contributed by atoms with van der Waals surface area (Å²) < 4.78 is 7.41. The van der Waals surface area contributed by atoms with Crippen molar-refractivity contribution in [2.75, 3.05) is 4.90 Å². The standard InChI is InChI=1S/C58H37N3S/c1-2-14-41(15-3-1)60-51-21-10-7-19-48(51)58-52(22-12-23-53(58)60)59(44-34-36-56-49(37-44)46-17-8-11-24-55(46)62-56)42-30-25-38(26-31-42)39-27-32-43(33-28-39)61-50-20-9-6-18-47(50)57-45-16-5-4-13-40(45)29-35-54(57)61/h1-37H. The zero-order valence-electron chi connectivity index (χ0n) is 33.6. The highest BCUT2D eigenvalue weighted by Crippen LogP contribution is 2.46. The number of thiophene rings is 1. The van der Waals surface area contributed by atoms with E-state index < -0.39 is 0 Å². The molecule has 0 amide bonds. The normalized spacial score (nSPS) is 11.9. The molecule has 13 rings (SSSR count). The van der Waals surface area contributed by atoms with Crippen molar-refractivity contribution in [2.45, 2.75) is 0 Å². The summed E-state index contributed by atoms with van der Waals surface area (Å²) in [5.74, 6) is 0. The Morgan fingerprint density at radius 1 is 0.323 bits per heavy atom. The van der Waals surface area contributed by atoms with Gasteiger partial charge in [0.1, 0.15) is 0 Å². The molecule has 13 aromatic rings. The quantitative estimate of drug-likeness (QED) is 0.163. The number of benzene rings is 10. The number of hydrogen-bond acceptors (Lipinski definition) is 2. The van der Waals surface area contributed by atoms with E-state index >= 15 is 0 Å². The zero-order valence-corrected chi connectivity index (χ0v) is 34.4. The molecule has 290 valence electrons. The van der Waals surface area contributed by atoms with Gasteiger partial charge in [0.05, 0.1) is 27.8 Å². The second-order valence-corrected chi connectivity index (χ2v) is 17.2. The van der Waals surface area contributed by atoms with Gasteiger partial charge in [-0.15, -0.1) is 11.3 Å². The predicted molar refractivity (Wildman–Crippen MR) is 266 cm³/mol. The number of aromatic nitrogens is 2. The van der Waals surface area contributed by atoms with Gasteiger partial charge in [-0.1, -0.05) is 133 Å². The highest BCUT2D eigenvalue weighted by atomic mass is 32.1. The molecular formula is C58H37N3S. The van der Waals surface area contributed by atoms with Crippen LogP contribution in [0.4, 0.5) is 17.1 Å². The average molecular weight is 808 g/mol. The fraction of sp³-hybridized carbons (Fsp3) is 0. The predicted octanol–water partition coefficient (Wildman–Crippen LogP) is 16.5. The summed E-state index contributed by atoms with van der Waals surface area (Å²) in [4.78, 5) is 2.45. The number of fused-ring (bicyclic) bond motifs is 11. The third-order valence-electron chi connectivity index (χ3n) is 12.7. The highest BCUT2D eigenvalue weighted by Gasteiger charge is 2.22. The molecule has 0 aliphatic heterocycles. The maximum Gasteiger partial charge on any atom is 0.0562 e. The summed E-state index contributed by atoms with van der Waals surface area (Å²) in [7, 11) is 0. The molecule has 0 saturated heterocycles. The van der Waals surface area contributed by atoms with Crippen molar-refractivity contribution in [2.24, 2.45) is 0 Å². The van der Waals surface area contributed by atoms with E-state index in [0.29, 0.717) is 0 Å². The average Bonchev–Trinajstić information content (AvgIpc) is 4.00. The number of hydrogen-bond donors (Lipinski definition) is 0. The van der Waals surface area contributed by atoms with Gasteiger partial charge in [-0.25, -0.2) is 0 Å². The number of anilines is 3. The second-order valence-electron chi connectivity index (χ2n) is 16.1. The van der Waals surface area contributed by atoms with Crippen LogP contribution in [0.5, 0.6) is 0 Å². The third-order valence-corrected chi connectivity index (χ3v) is 13.8.